The highest BCUT2D eigenvalue weighted by molar-refractivity contribution is 9.09. The van der Waals surface area contributed by atoms with Gasteiger partial charge in [0.2, 0.25) is 0 Å². The molecule has 1 aromatic rings. The van der Waals surface area contributed by atoms with Gasteiger partial charge in [-0.05, 0) is 36.5 Å². The maximum Gasteiger partial charge on any atom is 0.251 e. The summed E-state index contributed by atoms with van der Waals surface area (Å²) in [5, 5.41) is 3.80. The van der Waals surface area contributed by atoms with E-state index in [1.807, 2.05) is 0 Å². The van der Waals surface area contributed by atoms with Crippen LogP contribution in [0.4, 0.5) is 4.39 Å². The van der Waals surface area contributed by atoms with Gasteiger partial charge in [0, 0.05) is 17.4 Å². The van der Waals surface area contributed by atoms with Gasteiger partial charge in [0.1, 0.15) is 5.82 Å². The zero-order chi connectivity index (χ0) is 14.5. The molecule has 1 aromatic carbocycles. The van der Waals surface area contributed by atoms with Gasteiger partial charge >= 0.3 is 0 Å². The first-order valence-electron chi connectivity index (χ1n) is 6.15. The van der Waals surface area contributed by atoms with Gasteiger partial charge in [-0.15, -0.1) is 0 Å². The third kappa shape index (κ3) is 5.49. The summed E-state index contributed by atoms with van der Waals surface area (Å²) in [7, 11) is 0. The molecule has 1 N–H and O–H groups in total. The minimum absolute atomic E-state index is 0.0222. The lowest BCUT2D eigenvalue weighted by atomic mass is 9.88. The number of alkyl halides is 1. The molecule has 19 heavy (non-hydrogen) atoms. The van der Waals surface area contributed by atoms with E-state index in [4.69, 9.17) is 11.6 Å². The highest BCUT2D eigenvalue weighted by atomic mass is 79.9. The first kappa shape index (κ1) is 16.4. The largest absolute Gasteiger partial charge is 0.352 e. The number of hydrogen-bond donors (Lipinski definition) is 1. The molecular weight excluding hydrogens is 333 g/mol. The molecular formula is C14H18BrClFNO. The molecule has 0 saturated heterocycles. The predicted molar refractivity (Wildman–Crippen MR) is 80.6 cm³/mol. The average Bonchev–Trinajstić information content (AvgIpc) is 2.37. The van der Waals surface area contributed by atoms with E-state index < -0.39 is 5.82 Å². The topological polar surface area (TPSA) is 29.1 Å². The number of rotatable bonds is 6. The quantitative estimate of drug-likeness (QED) is 0.757. The lowest BCUT2D eigenvalue weighted by molar-refractivity contribution is 0.0934. The summed E-state index contributed by atoms with van der Waals surface area (Å²) in [4.78, 5) is 11.9. The molecule has 1 amide bonds. The first-order valence-corrected chi connectivity index (χ1v) is 7.65. The van der Waals surface area contributed by atoms with Crippen molar-refractivity contribution in [1.82, 2.24) is 5.32 Å². The van der Waals surface area contributed by atoms with Crippen molar-refractivity contribution in [3.8, 4) is 0 Å². The molecule has 0 spiro atoms. The average molecular weight is 351 g/mol. The van der Waals surface area contributed by atoms with Crippen molar-refractivity contribution in [1.29, 1.82) is 0 Å². The van der Waals surface area contributed by atoms with Crippen molar-refractivity contribution in [2.24, 2.45) is 5.41 Å². The molecule has 1 rings (SSSR count). The van der Waals surface area contributed by atoms with Crippen LogP contribution in [0, 0.1) is 11.2 Å². The van der Waals surface area contributed by atoms with Crippen LogP contribution in [0.3, 0.4) is 0 Å². The zero-order valence-electron chi connectivity index (χ0n) is 11.1. The van der Waals surface area contributed by atoms with Crippen LogP contribution >= 0.6 is 27.5 Å². The van der Waals surface area contributed by atoms with Crippen LogP contribution in [-0.4, -0.2) is 17.8 Å². The van der Waals surface area contributed by atoms with Gasteiger partial charge < -0.3 is 5.32 Å². The number of carbonyl (C=O) groups excluding carboxylic acids is 1. The summed E-state index contributed by atoms with van der Waals surface area (Å²) < 4.78 is 13.3. The first-order chi connectivity index (χ1) is 8.85. The van der Waals surface area contributed by atoms with Gasteiger partial charge in [-0.3, -0.25) is 4.79 Å². The van der Waals surface area contributed by atoms with Crippen LogP contribution < -0.4 is 5.32 Å². The molecule has 0 bridgehead atoms. The molecule has 5 heteroatoms. The summed E-state index contributed by atoms with van der Waals surface area (Å²) in [5.41, 5.74) is 0.312. The molecule has 0 fully saturated rings. The fraction of sp³-hybridized carbons (Fsp3) is 0.500. The Bertz CT molecular complexity index is 451. The minimum Gasteiger partial charge on any atom is -0.352 e. The molecule has 0 saturated carbocycles. The fourth-order valence-corrected chi connectivity index (χ4v) is 2.09. The van der Waals surface area contributed by atoms with Gasteiger partial charge in [-0.25, -0.2) is 4.39 Å². The van der Waals surface area contributed by atoms with E-state index in [0.29, 0.717) is 6.54 Å². The van der Waals surface area contributed by atoms with Crippen LogP contribution in [0.25, 0.3) is 0 Å². The molecule has 106 valence electrons. The SMILES string of the molecule is CC(C)(CCCBr)CNC(=O)c1ccc(Cl)c(F)c1. The Morgan fingerprint density at radius 3 is 2.74 bits per heavy atom. The standard InChI is InChI=1S/C14H18BrClFNO/c1-14(2,6-3-7-15)9-18-13(19)10-4-5-11(16)12(17)8-10/h4-5,8H,3,6-7,9H2,1-2H3,(H,18,19). The number of hydrogen-bond acceptors (Lipinski definition) is 1. The maximum absolute atomic E-state index is 13.3. The Balaban J connectivity index is 2.57. The predicted octanol–water partition coefficient (Wildman–Crippen LogP) is 4.41. The number of carbonyl (C=O) groups is 1. The van der Waals surface area contributed by atoms with Crippen LogP contribution in [0.2, 0.25) is 5.02 Å². The lowest BCUT2D eigenvalue weighted by Gasteiger charge is -2.24. The molecule has 0 aliphatic heterocycles. The highest BCUT2D eigenvalue weighted by Crippen LogP contribution is 2.22. The number of amides is 1. The van der Waals surface area contributed by atoms with Crippen molar-refractivity contribution in [2.75, 3.05) is 11.9 Å². The Kier molecular flexibility index (Phi) is 6.27. The molecule has 0 aromatic heterocycles. The zero-order valence-corrected chi connectivity index (χ0v) is 13.4. The van der Waals surface area contributed by atoms with E-state index in [0.717, 1.165) is 24.2 Å². The molecule has 0 atom stereocenters. The molecule has 2 nitrogen and oxygen atoms in total. The molecule has 0 heterocycles. The fourth-order valence-electron chi connectivity index (χ4n) is 1.69. The molecule has 0 unspecified atom stereocenters. The summed E-state index contributed by atoms with van der Waals surface area (Å²) in [6, 6.07) is 4.07. The maximum atomic E-state index is 13.3. The Morgan fingerprint density at radius 2 is 2.16 bits per heavy atom. The van der Waals surface area contributed by atoms with Crippen molar-refractivity contribution >= 4 is 33.4 Å². The minimum atomic E-state index is -0.576. The van der Waals surface area contributed by atoms with Gasteiger partial charge in [-0.1, -0.05) is 41.4 Å². The summed E-state index contributed by atoms with van der Waals surface area (Å²) in [5.74, 6) is -0.852. The van der Waals surface area contributed by atoms with Crippen molar-refractivity contribution in [3.63, 3.8) is 0 Å². The summed E-state index contributed by atoms with van der Waals surface area (Å²) in [6.07, 6.45) is 2.06. The number of halogens is 3. The normalized spacial score (nSPS) is 11.4. The van der Waals surface area contributed by atoms with Crippen molar-refractivity contribution < 1.29 is 9.18 Å². The highest BCUT2D eigenvalue weighted by Gasteiger charge is 2.19. The van der Waals surface area contributed by atoms with E-state index in [1.54, 1.807) is 0 Å². The second kappa shape index (κ2) is 7.25. The summed E-state index contributed by atoms with van der Waals surface area (Å²) in [6.45, 7) is 4.75. The Labute approximate surface area is 126 Å². The molecule has 0 aliphatic carbocycles. The van der Waals surface area contributed by atoms with Crippen LogP contribution in [0.15, 0.2) is 18.2 Å². The van der Waals surface area contributed by atoms with Crippen LogP contribution in [0.1, 0.15) is 37.0 Å². The van der Waals surface area contributed by atoms with E-state index in [2.05, 4.69) is 35.1 Å². The smallest absolute Gasteiger partial charge is 0.251 e. The second-order valence-electron chi connectivity index (χ2n) is 5.27. The Morgan fingerprint density at radius 1 is 1.47 bits per heavy atom. The van der Waals surface area contributed by atoms with E-state index in [-0.39, 0.29) is 21.9 Å². The third-order valence-electron chi connectivity index (χ3n) is 2.90. The van der Waals surface area contributed by atoms with Crippen LogP contribution in [0.5, 0.6) is 0 Å². The molecule has 0 aliphatic rings. The number of benzene rings is 1. The van der Waals surface area contributed by atoms with Gasteiger partial charge in [-0.2, -0.15) is 0 Å². The number of nitrogens with one attached hydrogen (secondary N) is 1. The lowest BCUT2D eigenvalue weighted by Crippen LogP contribution is -2.34. The van der Waals surface area contributed by atoms with E-state index >= 15 is 0 Å². The summed E-state index contributed by atoms with van der Waals surface area (Å²) >= 11 is 8.97. The van der Waals surface area contributed by atoms with E-state index in [9.17, 15) is 9.18 Å². The third-order valence-corrected chi connectivity index (χ3v) is 3.76. The van der Waals surface area contributed by atoms with Crippen LogP contribution in [-0.2, 0) is 0 Å². The van der Waals surface area contributed by atoms with E-state index in [1.165, 1.54) is 12.1 Å². The van der Waals surface area contributed by atoms with Crippen molar-refractivity contribution in [3.05, 3.63) is 34.6 Å². The van der Waals surface area contributed by atoms with Gasteiger partial charge in [0.25, 0.3) is 5.91 Å². The Hall–Kier alpha value is -0.610. The van der Waals surface area contributed by atoms with Gasteiger partial charge in [0.05, 0.1) is 5.02 Å². The molecule has 0 radical (unpaired) electrons. The van der Waals surface area contributed by atoms with Gasteiger partial charge in [0.15, 0.2) is 0 Å². The second-order valence-corrected chi connectivity index (χ2v) is 6.47. The monoisotopic (exact) mass is 349 g/mol. The van der Waals surface area contributed by atoms with Crippen molar-refractivity contribution in [2.45, 2.75) is 26.7 Å².